The summed E-state index contributed by atoms with van der Waals surface area (Å²) >= 11 is 0. The minimum atomic E-state index is -0.390. The van der Waals surface area contributed by atoms with Crippen LogP contribution in [0.2, 0.25) is 0 Å². The van der Waals surface area contributed by atoms with Gasteiger partial charge in [-0.15, -0.1) is 0 Å². The van der Waals surface area contributed by atoms with Gasteiger partial charge in [0.2, 0.25) is 0 Å². The van der Waals surface area contributed by atoms with Crippen molar-refractivity contribution in [1.29, 1.82) is 0 Å². The van der Waals surface area contributed by atoms with Crippen molar-refractivity contribution in [3.05, 3.63) is 70.8 Å². The SMILES string of the molecule is COc1cc2c(Nc3cccc(CCOC(=O)NC(C)C)c3)c3cc(C)c(C)cc3nc2cc1C. The highest BCUT2D eigenvalue weighted by Gasteiger charge is 2.14. The van der Waals surface area contributed by atoms with Crippen molar-refractivity contribution in [3.8, 4) is 5.75 Å². The van der Waals surface area contributed by atoms with E-state index in [1.54, 1.807) is 7.11 Å². The highest BCUT2D eigenvalue weighted by Crippen LogP contribution is 2.37. The van der Waals surface area contributed by atoms with Crippen molar-refractivity contribution >= 4 is 39.3 Å². The molecule has 1 aromatic heterocycles. The summed E-state index contributed by atoms with van der Waals surface area (Å²) in [5.74, 6) is 0.830. The molecule has 0 saturated heterocycles. The number of benzene rings is 3. The molecule has 2 N–H and O–H groups in total. The van der Waals surface area contributed by atoms with Gasteiger partial charge in [0.25, 0.3) is 0 Å². The smallest absolute Gasteiger partial charge is 0.407 e. The monoisotopic (exact) mass is 471 g/mol. The van der Waals surface area contributed by atoms with Gasteiger partial charge in [-0.3, -0.25) is 0 Å². The van der Waals surface area contributed by atoms with E-state index >= 15 is 0 Å². The molecule has 4 aromatic rings. The summed E-state index contributed by atoms with van der Waals surface area (Å²) in [4.78, 5) is 16.7. The molecule has 1 amide bonds. The van der Waals surface area contributed by atoms with Crippen LogP contribution in [0.4, 0.5) is 16.2 Å². The number of hydrogen-bond donors (Lipinski definition) is 2. The van der Waals surface area contributed by atoms with Crippen molar-refractivity contribution < 1.29 is 14.3 Å². The topological polar surface area (TPSA) is 72.5 Å². The van der Waals surface area contributed by atoms with Crippen LogP contribution in [0.3, 0.4) is 0 Å². The third-order valence-electron chi connectivity index (χ3n) is 6.13. The Kier molecular flexibility index (Phi) is 7.10. The maximum Gasteiger partial charge on any atom is 0.407 e. The van der Waals surface area contributed by atoms with Crippen molar-refractivity contribution in [1.82, 2.24) is 10.3 Å². The first-order valence-corrected chi connectivity index (χ1v) is 11.9. The molecular formula is C29H33N3O3. The second-order valence-electron chi connectivity index (χ2n) is 9.29. The number of carbonyl (C=O) groups is 1. The van der Waals surface area contributed by atoms with E-state index in [9.17, 15) is 4.79 Å². The zero-order chi connectivity index (χ0) is 25.1. The number of amides is 1. The van der Waals surface area contributed by atoms with E-state index in [1.807, 2.05) is 39.0 Å². The Morgan fingerprint density at radius 2 is 1.63 bits per heavy atom. The standard InChI is InChI=1S/C29H33N3O3/c1-17(2)30-29(33)35-11-10-21-8-7-9-22(15-21)31-28-23-12-18(3)19(4)13-25(23)32-26-14-20(5)27(34-6)16-24(26)28/h7-9,12-17H,10-11H2,1-6H3,(H,30,33)(H,31,32). The van der Waals surface area contributed by atoms with Crippen LogP contribution >= 0.6 is 0 Å². The molecule has 0 fully saturated rings. The molecule has 4 rings (SSSR count). The zero-order valence-corrected chi connectivity index (χ0v) is 21.3. The van der Waals surface area contributed by atoms with Crippen LogP contribution in [0.1, 0.15) is 36.1 Å². The van der Waals surface area contributed by atoms with Gasteiger partial charge in [-0.25, -0.2) is 9.78 Å². The highest BCUT2D eigenvalue weighted by atomic mass is 16.5. The fourth-order valence-corrected chi connectivity index (χ4v) is 4.18. The average molecular weight is 472 g/mol. The van der Waals surface area contributed by atoms with Crippen LogP contribution in [0.25, 0.3) is 21.8 Å². The molecule has 6 nitrogen and oxygen atoms in total. The van der Waals surface area contributed by atoms with Gasteiger partial charge in [0, 0.05) is 28.9 Å². The Labute approximate surface area is 206 Å². The quantitative estimate of drug-likeness (QED) is 0.292. The predicted octanol–water partition coefficient (Wildman–Crippen LogP) is 6.74. The van der Waals surface area contributed by atoms with Crippen LogP contribution in [0.5, 0.6) is 5.75 Å². The average Bonchev–Trinajstić information content (AvgIpc) is 2.80. The first-order chi connectivity index (χ1) is 16.7. The minimum Gasteiger partial charge on any atom is -0.496 e. The molecule has 0 spiro atoms. The molecule has 0 bridgehead atoms. The van der Waals surface area contributed by atoms with Gasteiger partial charge in [0.15, 0.2) is 0 Å². The van der Waals surface area contributed by atoms with Crippen molar-refractivity contribution in [2.45, 2.75) is 47.1 Å². The Bertz CT molecular complexity index is 1400. The molecule has 0 radical (unpaired) electrons. The van der Waals surface area contributed by atoms with Crippen LogP contribution < -0.4 is 15.4 Å². The van der Waals surface area contributed by atoms with Gasteiger partial charge in [-0.1, -0.05) is 12.1 Å². The number of rotatable bonds is 7. The van der Waals surface area contributed by atoms with Crippen LogP contribution in [0.15, 0.2) is 48.5 Å². The number of pyridine rings is 1. The summed E-state index contributed by atoms with van der Waals surface area (Å²) in [5, 5.41) is 8.46. The Morgan fingerprint density at radius 1 is 0.943 bits per heavy atom. The molecule has 0 unspecified atom stereocenters. The molecular weight excluding hydrogens is 438 g/mol. The number of methoxy groups -OCH3 is 1. The number of aromatic nitrogens is 1. The van der Waals surface area contributed by atoms with Gasteiger partial charge in [0.1, 0.15) is 5.75 Å². The lowest BCUT2D eigenvalue weighted by Gasteiger charge is -2.17. The van der Waals surface area contributed by atoms with E-state index in [0.717, 1.165) is 50.1 Å². The normalized spacial score (nSPS) is 11.2. The maximum absolute atomic E-state index is 11.8. The first-order valence-electron chi connectivity index (χ1n) is 11.9. The molecule has 0 saturated carbocycles. The lowest BCUT2D eigenvalue weighted by molar-refractivity contribution is 0.145. The summed E-state index contributed by atoms with van der Waals surface area (Å²) in [6.45, 7) is 10.4. The molecule has 3 aromatic carbocycles. The lowest BCUT2D eigenvalue weighted by atomic mass is 10.0. The van der Waals surface area contributed by atoms with Gasteiger partial charge in [0.05, 0.1) is 30.4 Å². The number of nitrogens with one attached hydrogen (secondary N) is 2. The van der Waals surface area contributed by atoms with Gasteiger partial charge >= 0.3 is 6.09 Å². The fourth-order valence-electron chi connectivity index (χ4n) is 4.18. The van der Waals surface area contributed by atoms with Crippen LogP contribution in [0, 0.1) is 20.8 Å². The highest BCUT2D eigenvalue weighted by molar-refractivity contribution is 6.09. The molecule has 6 heteroatoms. The molecule has 0 aliphatic heterocycles. The van der Waals surface area contributed by atoms with E-state index in [2.05, 4.69) is 54.8 Å². The zero-order valence-electron chi connectivity index (χ0n) is 21.3. The molecule has 35 heavy (non-hydrogen) atoms. The number of nitrogens with zero attached hydrogens (tertiary/aromatic N) is 1. The Morgan fingerprint density at radius 3 is 2.34 bits per heavy atom. The van der Waals surface area contributed by atoms with Gasteiger partial charge < -0.3 is 20.1 Å². The third kappa shape index (κ3) is 5.48. The third-order valence-corrected chi connectivity index (χ3v) is 6.13. The Balaban J connectivity index is 1.70. The number of hydrogen-bond acceptors (Lipinski definition) is 5. The van der Waals surface area contributed by atoms with Crippen LogP contribution in [-0.2, 0) is 11.2 Å². The molecule has 1 heterocycles. The second kappa shape index (κ2) is 10.2. The number of carbonyl (C=O) groups excluding carboxylic acids is 1. The van der Waals surface area contributed by atoms with E-state index in [4.69, 9.17) is 14.5 Å². The first kappa shape index (κ1) is 24.3. The van der Waals surface area contributed by atoms with E-state index in [1.165, 1.54) is 11.1 Å². The largest absolute Gasteiger partial charge is 0.496 e. The lowest BCUT2D eigenvalue weighted by Crippen LogP contribution is -2.31. The fraction of sp³-hybridized carbons (Fsp3) is 0.310. The molecule has 0 atom stereocenters. The van der Waals surface area contributed by atoms with Crippen molar-refractivity contribution in [3.63, 3.8) is 0 Å². The summed E-state index contributed by atoms with van der Waals surface area (Å²) in [5.41, 5.74) is 8.38. The summed E-state index contributed by atoms with van der Waals surface area (Å²) in [6, 6.07) is 16.7. The number of anilines is 2. The number of aryl methyl sites for hydroxylation is 3. The maximum atomic E-state index is 11.8. The van der Waals surface area contributed by atoms with E-state index in [-0.39, 0.29) is 12.1 Å². The summed E-state index contributed by atoms with van der Waals surface area (Å²) in [7, 11) is 1.69. The predicted molar refractivity (Wildman–Crippen MR) is 143 cm³/mol. The van der Waals surface area contributed by atoms with Crippen molar-refractivity contribution in [2.24, 2.45) is 0 Å². The number of alkyl carbamates (subject to hydrolysis) is 1. The number of ether oxygens (including phenoxy) is 2. The van der Waals surface area contributed by atoms with Gasteiger partial charge in [-0.05, 0) is 93.3 Å². The van der Waals surface area contributed by atoms with Gasteiger partial charge in [-0.2, -0.15) is 0 Å². The van der Waals surface area contributed by atoms with Crippen molar-refractivity contribution in [2.75, 3.05) is 19.0 Å². The summed E-state index contributed by atoms with van der Waals surface area (Å²) in [6.07, 6.45) is 0.239. The van der Waals surface area contributed by atoms with E-state index in [0.29, 0.717) is 13.0 Å². The minimum absolute atomic E-state index is 0.0508. The number of fused-ring (bicyclic) bond motifs is 2. The molecule has 182 valence electrons. The van der Waals surface area contributed by atoms with E-state index < -0.39 is 0 Å². The summed E-state index contributed by atoms with van der Waals surface area (Å²) < 4.78 is 10.9. The van der Waals surface area contributed by atoms with Crippen LogP contribution in [-0.4, -0.2) is 30.8 Å². The molecule has 0 aliphatic rings. The Hall–Kier alpha value is -3.80. The molecule has 0 aliphatic carbocycles. The second-order valence-corrected chi connectivity index (χ2v) is 9.29.